The molecule has 1 amide bonds. The summed E-state index contributed by atoms with van der Waals surface area (Å²) in [5, 5.41) is 0. The number of rotatable bonds is 4. The van der Waals surface area contributed by atoms with Crippen molar-refractivity contribution in [3.8, 4) is 0 Å². The summed E-state index contributed by atoms with van der Waals surface area (Å²) in [6, 6.07) is 1.89. The van der Waals surface area contributed by atoms with Gasteiger partial charge in [-0.3, -0.25) is 14.7 Å². The highest BCUT2D eigenvalue weighted by molar-refractivity contribution is 5.98. The normalized spacial score (nSPS) is 26.5. The molecule has 132 valence electrons. The first-order valence-electron chi connectivity index (χ1n) is 8.89. The molecule has 2 fully saturated rings. The van der Waals surface area contributed by atoms with Crippen LogP contribution in [0.25, 0.3) is 0 Å². The van der Waals surface area contributed by atoms with E-state index < -0.39 is 5.91 Å². The number of anilines is 1. The van der Waals surface area contributed by atoms with E-state index in [9.17, 15) is 4.79 Å². The zero-order chi connectivity index (χ0) is 17.1. The third kappa shape index (κ3) is 4.05. The Morgan fingerprint density at radius 1 is 1.29 bits per heavy atom. The van der Waals surface area contributed by atoms with E-state index in [1.807, 2.05) is 6.07 Å². The molecule has 1 aromatic rings. The van der Waals surface area contributed by atoms with Gasteiger partial charge < -0.3 is 15.4 Å². The summed E-state index contributed by atoms with van der Waals surface area (Å²) in [4.78, 5) is 20.4. The Morgan fingerprint density at radius 3 is 2.58 bits per heavy atom. The van der Waals surface area contributed by atoms with Crippen molar-refractivity contribution < 1.29 is 9.53 Å². The number of hydrogen-bond acceptors (Lipinski definition) is 5. The molecule has 3 heterocycles. The Morgan fingerprint density at radius 2 is 1.96 bits per heavy atom. The smallest absolute Gasteiger partial charge is 0.252 e. The predicted molar refractivity (Wildman–Crippen MR) is 94.1 cm³/mol. The zero-order valence-electron chi connectivity index (χ0n) is 14.6. The van der Waals surface area contributed by atoms with Crippen LogP contribution in [0.4, 0.5) is 5.69 Å². The minimum atomic E-state index is -0.406. The maximum Gasteiger partial charge on any atom is 0.252 e. The van der Waals surface area contributed by atoms with Gasteiger partial charge in [-0.15, -0.1) is 0 Å². The summed E-state index contributed by atoms with van der Waals surface area (Å²) in [6.45, 7) is 9.43. The van der Waals surface area contributed by atoms with Crippen molar-refractivity contribution in [3.05, 3.63) is 24.0 Å². The molecule has 2 N–H and O–H groups in total. The fourth-order valence-corrected chi connectivity index (χ4v) is 4.01. The van der Waals surface area contributed by atoms with E-state index in [0.29, 0.717) is 23.7 Å². The molecule has 0 radical (unpaired) electrons. The third-order valence-corrected chi connectivity index (χ3v) is 5.03. The molecule has 6 heteroatoms. The number of ether oxygens (including phenoxy) is 1. The van der Waals surface area contributed by atoms with Gasteiger partial charge in [-0.25, -0.2) is 0 Å². The van der Waals surface area contributed by atoms with Crippen LogP contribution in [-0.4, -0.2) is 60.7 Å². The molecular formula is C18H28N4O2. The lowest BCUT2D eigenvalue weighted by atomic mass is 9.95. The van der Waals surface area contributed by atoms with Crippen LogP contribution in [0.2, 0.25) is 0 Å². The quantitative estimate of drug-likeness (QED) is 0.905. The summed E-state index contributed by atoms with van der Waals surface area (Å²) in [5.74, 6) is 0.300. The molecule has 0 bridgehead atoms. The lowest BCUT2D eigenvalue weighted by Gasteiger charge is -2.40. The van der Waals surface area contributed by atoms with Crippen LogP contribution < -0.4 is 10.6 Å². The second kappa shape index (κ2) is 7.49. The summed E-state index contributed by atoms with van der Waals surface area (Å²) >= 11 is 0. The van der Waals surface area contributed by atoms with Gasteiger partial charge in [0, 0.05) is 45.1 Å². The fraction of sp³-hybridized carbons (Fsp3) is 0.667. The van der Waals surface area contributed by atoms with E-state index >= 15 is 0 Å². The highest BCUT2D eigenvalue weighted by Crippen LogP contribution is 2.26. The number of nitrogens with zero attached hydrogens (tertiary/aromatic N) is 3. The van der Waals surface area contributed by atoms with E-state index in [4.69, 9.17) is 10.5 Å². The summed E-state index contributed by atoms with van der Waals surface area (Å²) < 4.78 is 5.82. The van der Waals surface area contributed by atoms with E-state index in [0.717, 1.165) is 51.3 Å². The average Bonchev–Trinajstić information content (AvgIpc) is 2.54. The van der Waals surface area contributed by atoms with Gasteiger partial charge in [0.25, 0.3) is 5.91 Å². The van der Waals surface area contributed by atoms with Crippen LogP contribution >= 0.6 is 0 Å². The molecule has 2 unspecified atom stereocenters. The largest absolute Gasteiger partial charge is 0.373 e. The van der Waals surface area contributed by atoms with Crippen molar-refractivity contribution in [1.82, 2.24) is 9.88 Å². The zero-order valence-corrected chi connectivity index (χ0v) is 14.6. The maximum atomic E-state index is 11.6. The Balaban J connectivity index is 1.55. The molecule has 2 aliphatic rings. The molecule has 1 aromatic heterocycles. The minimum absolute atomic E-state index is 0.323. The predicted octanol–water partition coefficient (Wildman–Crippen LogP) is 1.51. The molecule has 0 saturated carbocycles. The molecule has 24 heavy (non-hydrogen) atoms. The first-order valence-corrected chi connectivity index (χ1v) is 8.89. The summed E-state index contributed by atoms with van der Waals surface area (Å²) in [6.07, 6.45) is 6.22. The van der Waals surface area contributed by atoms with Crippen LogP contribution in [0.3, 0.4) is 0 Å². The minimum Gasteiger partial charge on any atom is -0.373 e. The first kappa shape index (κ1) is 17.2. The van der Waals surface area contributed by atoms with Crippen LogP contribution in [0, 0.1) is 5.92 Å². The maximum absolute atomic E-state index is 11.6. The second-order valence-corrected chi connectivity index (χ2v) is 7.16. The fourth-order valence-electron chi connectivity index (χ4n) is 4.01. The van der Waals surface area contributed by atoms with Gasteiger partial charge in [-0.05, 0) is 38.7 Å². The number of primary amides is 1. The molecular weight excluding hydrogens is 304 g/mol. The van der Waals surface area contributed by atoms with Crippen LogP contribution in [0.1, 0.15) is 37.0 Å². The number of morpholine rings is 1. The number of hydrogen-bond donors (Lipinski definition) is 1. The van der Waals surface area contributed by atoms with Gasteiger partial charge in [0.15, 0.2) is 0 Å². The van der Waals surface area contributed by atoms with Crippen LogP contribution in [-0.2, 0) is 4.74 Å². The van der Waals surface area contributed by atoms with Crippen molar-refractivity contribution in [3.63, 3.8) is 0 Å². The van der Waals surface area contributed by atoms with Crippen molar-refractivity contribution in [2.75, 3.05) is 37.6 Å². The number of pyridine rings is 1. The number of carbonyl (C=O) groups excluding carboxylic acids is 1. The second-order valence-electron chi connectivity index (χ2n) is 7.16. The molecule has 0 aromatic carbocycles. The standard InChI is InChI=1S/C18H28N4O2/c1-13-10-21(11-14(2)24-13)12-15-4-7-22(8-5-15)17-3-6-20-9-16(17)18(19)23/h3,6,9,13-15H,4-5,7-8,10-12H2,1-2H3,(H2,19,23). The number of aromatic nitrogens is 1. The van der Waals surface area contributed by atoms with Crippen LogP contribution in [0.15, 0.2) is 18.5 Å². The molecule has 3 rings (SSSR count). The molecule has 0 aliphatic carbocycles. The van der Waals surface area contributed by atoms with Crippen molar-refractivity contribution in [2.24, 2.45) is 11.7 Å². The number of carbonyl (C=O) groups is 1. The number of nitrogens with two attached hydrogens (primary N) is 1. The van der Waals surface area contributed by atoms with E-state index in [-0.39, 0.29) is 0 Å². The monoisotopic (exact) mass is 332 g/mol. The number of amides is 1. The van der Waals surface area contributed by atoms with E-state index in [2.05, 4.69) is 28.6 Å². The van der Waals surface area contributed by atoms with Gasteiger partial charge in [-0.2, -0.15) is 0 Å². The highest BCUT2D eigenvalue weighted by Gasteiger charge is 2.27. The van der Waals surface area contributed by atoms with Crippen LogP contribution in [0.5, 0.6) is 0 Å². The Kier molecular flexibility index (Phi) is 5.36. The summed E-state index contributed by atoms with van der Waals surface area (Å²) in [5.41, 5.74) is 6.92. The topological polar surface area (TPSA) is 71.7 Å². The third-order valence-electron chi connectivity index (χ3n) is 5.03. The first-order chi connectivity index (χ1) is 11.5. The highest BCUT2D eigenvalue weighted by atomic mass is 16.5. The van der Waals surface area contributed by atoms with Gasteiger partial charge in [-0.1, -0.05) is 0 Å². The molecule has 2 atom stereocenters. The Labute approximate surface area is 144 Å². The van der Waals surface area contributed by atoms with Crippen molar-refractivity contribution in [1.29, 1.82) is 0 Å². The summed E-state index contributed by atoms with van der Waals surface area (Å²) in [7, 11) is 0. The lowest BCUT2D eigenvalue weighted by Crippen LogP contribution is -2.48. The van der Waals surface area contributed by atoms with Crippen molar-refractivity contribution >= 4 is 11.6 Å². The van der Waals surface area contributed by atoms with Gasteiger partial charge in [0.05, 0.1) is 23.5 Å². The van der Waals surface area contributed by atoms with E-state index in [1.165, 1.54) is 0 Å². The number of piperidine rings is 1. The van der Waals surface area contributed by atoms with E-state index in [1.54, 1.807) is 12.4 Å². The van der Waals surface area contributed by atoms with Gasteiger partial charge in [0.1, 0.15) is 0 Å². The Hall–Kier alpha value is -1.66. The molecule has 2 aliphatic heterocycles. The average molecular weight is 332 g/mol. The van der Waals surface area contributed by atoms with Gasteiger partial charge >= 0.3 is 0 Å². The lowest BCUT2D eigenvalue weighted by molar-refractivity contribution is -0.0720. The molecule has 0 spiro atoms. The van der Waals surface area contributed by atoms with Gasteiger partial charge in [0.2, 0.25) is 0 Å². The molecule has 2 saturated heterocycles. The van der Waals surface area contributed by atoms with Crippen molar-refractivity contribution in [2.45, 2.75) is 38.9 Å². The Bertz CT molecular complexity index is 562. The SMILES string of the molecule is CC1CN(CC2CCN(c3ccncc3C(N)=O)CC2)CC(C)O1. The molecule has 6 nitrogen and oxygen atoms in total.